The minimum Gasteiger partial charge on any atom is -0.314 e. The van der Waals surface area contributed by atoms with E-state index < -0.39 is 16.0 Å². The van der Waals surface area contributed by atoms with E-state index in [-0.39, 0.29) is 11.3 Å². The summed E-state index contributed by atoms with van der Waals surface area (Å²) in [7, 11) is -3.71. The van der Waals surface area contributed by atoms with E-state index in [1.807, 2.05) is 0 Å². The number of piperazine rings is 1. The molecule has 8 heteroatoms. The number of hydrogen-bond donors (Lipinski definition) is 2. The summed E-state index contributed by atoms with van der Waals surface area (Å²) >= 11 is 0. The molecule has 0 aliphatic carbocycles. The molecule has 1 aromatic carbocycles. The zero-order chi connectivity index (χ0) is 13.9. The van der Waals surface area contributed by atoms with E-state index in [1.54, 1.807) is 6.07 Å². The molecule has 1 heterocycles. The van der Waals surface area contributed by atoms with Crippen molar-refractivity contribution >= 4 is 15.9 Å². The summed E-state index contributed by atoms with van der Waals surface area (Å²) in [6.45, 7) is 1.88. The van der Waals surface area contributed by atoms with Crippen LogP contribution in [0.4, 0.5) is 10.1 Å². The molecule has 1 aliphatic rings. The van der Waals surface area contributed by atoms with Crippen LogP contribution in [-0.4, -0.2) is 38.9 Å². The average molecular weight is 284 g/mol. The van der Waals surface area contributed by atoms with E-state index in [9.17, 15) is 12.8 Å². The Bertz CT molecular complexity index is 606. The fraction of sp³-hybridized carbons (Fsp3) is 0.364. The first-order valence-electron chi connectivity index (χ1n) is 5.71. The summed E-state index contributed by atoms with van der Waals surface area (Å²) in [6, 6.07) is 5.11. The molecule has 0 atom stereocenters. The van der Waals surface area contributed by atoms with Crippen molar-refractivity contribution in [3.8, 4) is 6.07 Å². The largest absolute Gasteiger partial charge is 0.314 e. The van der Waals surface area contributed by atoms with Gasteiger partial charge in [-0.2, -0.15) is 18.0 Å². The first-order valence-corrected chi connectivity index (χ1v) is 7.15. The lowest BCUT2D eigenvalue weighted by Gasteiger charge is -2.27. The summed E-state index contributed by atoms with van der Waals surface area (Å²) in [5.74, 6) is -0.582. The molecule has 6 nitrogen and oxygen atoms in total. The average Bonchev–Trinajstić information content (AvgIpc) is 2.41. The van der Waals surface area contributed by atoms with Crippen molar-refractivity contribution in [2.75, 3.05) is 30.9 Å². The Labute approximate surface area is 111 Å². The van der Waals surface area contributed by atoms with Gasteiger partial charge in [0.1, 0.15) is 11.9 Å². The van der Waals surface area contributed by atoms with E-state index in [2.05, 4.69) is 10.0 Å². The van der Waals surface area contributed by atoms with Gasteiger partial charge in [0.2, 0.25) is 0 Å². The standard InChI is InChI=1S/C11H13FN4O2S/c12-10-1-2-11(9(7-10)8-13)15-19(17,18)16-5-3-14-4-6-16/h1-2,7,14-15H,3-6H2. The van der Waals surface area contributed by atoms with Crippen LogP contribution in [-0.2, 0) is 10.2 Å². The Balaban J connectivity index is 2.23. The number of hydrogen-bond acceptors (Lipinski definition) is 4. The molecule has 0 amide bonds. The molecule has 1 fully saturated rings. The summed E-state index contributed by atoms with van der Waals surface area (Å²) in [5, 5.41) is 11.9. The Hall–Kier alpha value is -1.69. The highest BCUT2D eigenvalue weighted by atomic mass is 32.2. The molecule has 1 saturated heterocycles. The van der Waals surface area contributed by atoms with Gasteiger partial charge in [-0.1, -0.05) is 0 Å². The molecule has 1 aliphatic heterocycles. The van der Waals surface area contributed by atoms with Crippen molar-refractivity contribution < 1.29 is 12.8 Å². The number of nitrogens with zero attached hydrogens (tertiary/aromatic N) is 2. The highest BCUT2D eigenvalue weighted by molar-refractivity contribution is 7.90. The van der Waals surface area contributed by atoms with Crippen molar-refractivity contribution in [1.82, 2.24) is 9.62 Å². The Kier molecular flexibility index (Phi) is 3.99. The number of nitriles is 1. The van der Waals surface area contributed by atoms with Gasteiger partial charge in [0.05, 0.1) is 11.3 Å². The highest BCUT2D eigenvalue weighted by Gasteiger charge is 2.24. The van der Waals surface area contributed by atoms with Crippen LogP contribution >= 0.6 is 0 Å². The molecule has 0 radical (unpaired) electrons. The van der Waals surface area contributed by atoms with E-state index in [0.717, 1.165) is 12.1 Å². The second-order valence-corrected chi connectivity index (χ2v) is 5.73. The molecule has 0 saturated carbocycles. The SMILES string of the molecule is N#Cc1cc(F)ccc1NS(=O)(=O)N1CCNCC1. The Morgan fingerprint density at radius 2 is 2.05 bits per heavy atom. The van der Waals surface area contributed by atoms with Gasteiger partial charge in [0.25, 0.3) is 0 Å². The smallest absolute Gasteiger partial charge is 0.301 e. The van der Waals surface area contributed by atoms with Crippen LogP contribution in [0.5, 0.6) is 0 Å². The molecular weight excluding hydrogens is 271 g/mol. The van der Waals surface area contributed by atoms with Crippen molar-refractivity contribution in [3.05, 3.63) is 29.6 Å². The van der Waals surface area contributed by atoms with Crippen molar-refractivity contribution in [3.63, 3.8) is 0 Å². The normalized spacial score (nSPS) is 16.8. The lowest BCUT2D eigenvalue weighted by atomic mass is 10.2. The maximum atomic E-state index is 13.0. The zero-order valence-corrected chi connectivity index (χ0v) is 10.9. The number of anilines is 1. The van der Waals surface area contributed by atoms with Crippen molar-refractivity contribution in [2.24, 2.45) is 0 Å². The molecule has 2 rings (SSSR count). The van der Waals surface area contributed by atoms with Gasteiger partial charge in [-0.25, -0.2) is 4.39 Å². The second kappa shape index (κ2) is 5.52. The second-order valence-electron chi connectivity index (χ2n) is 4.06. The van der Waals surface area contributed by atoms with Crippen LogP contribution in [0.2, 0.25) is 0 Å². The van der Waals surface area contributed by atoms with Crippen LogP contribution < -0.4 is 10.0 Å². The van der Waals surface area contributed by atoms with Crippen LogP contribution in [0.25, 0.3) is 0 Å². The molecule has 102 valence electrons. The van der Waals surface area contributed by atoms with E-state index in [4.69, 9.17) is 5.26 Å². The highest BCUT2D eigenvalue weighted by Crippen LogP contribution is 2.18. The molecule has 19 heavy (non-hydrogen) atoms. The monoisotopic (exact) mass is 284 g/mol. The van der Waals surface area contributed by atoms with Crippen LogP contribution in [0.15, 0.2) is 18.2 Å². The molecule has 0 aromatic heterocycles. The van der Waals surface area contributed by atoms with Crippen LogP contribution in [0, 0.1) is 17.1 Å². The fourth-order valence-corrected chi connectivity index (χ4v) is 3.03. The maximum Gasteiger partial charge on any atom is 0.301 e. The summed E-state index contributed by atoms with van der Waals surface area (Å²) < 4.78 is 40.8. The predicted octanol–water partition coefficient (Wildman–Crippen LogP) is 0.259. The van der Waals surface area contributed by atoms with E-state index in [0.29, 0.717) is 26.2 Å². The van der Waals surface area contributed by atoms with Gasteiger partial charge < -0.3 is 5.32 Å². The van der Waals surface area contributed by atoms with Crippen molar-refractivity contribution in [2.45, 2.75) is 0 Å². The van der Waals surface area contributed by atoms with Gasteiger partial charge >= 0.3 is 10.2 Å². The minimum atomic E-state index is -3.71. The third-order valence-corrected chi connectivity index (χ3v) is 4.28. The van der Waals surface area contributed by atoms with Crippen LogP contribution in [0.1, 0.15) is 5.56 Å². The summed E-state index contributed by atoms with van der Waals surface area (Å²) in [4.78, 5) is 0. The molecule has 2 N–H and O–H groups in total. The van der Waals surface area contributed by atoms with E-state index >= 15 is 0 Å². The third-order valence-electron chi connectivity index (χ3n) is 2.76. The van der Waals surface area contributed by atoms with Gasteiger partial charge in [0, 0.05) is 26.2 Å². The number of halogens is 1. The molecular formula is C11H13FN4O2S. The molecule has 0 unspecified atom stereocenters. The van der Waals surface area contributed by atoms with Crippen molar-refractivity contribution in [1.29, 1.82) is 5.26 Å². The summed E-state index contributed by atoms with van der Waals surface area (Å²) in [6.07, 6.45) is 0. The fourth-order valence-electron chi connectivity index (χ4n) is 1.79. The van der Waals surface area contributed by atoms with E-state index in [1.165, 1.54) is 10.4 Å². The molecule has 1 aromatic rings. The quantitative estimate of drug-likeness (QED) is 0.833. The Morgan fingerprint density at radius 1 is 1.37 bits per heavy atom. The summed E-state index contributed by atoms with van der Waals surface area (Å²) in [5.41, 5.74) is 0.0427. The number of nitrogens with one attached hydrogen (secondary N) is 2. The van der Waals surface area contributed by atoms with Gasteiger partial charge in [-0.15, -0.1) is 0 Å². The first kappa shape index (κ1) is 13.7. The lowest BCUT2D eigenvalue weighted by Crippen LogP contribution is -2.48. The molecule has 0 spiro atoms. The minimum absolute atomic E-state index is 0.0429. The number of benzene rings is 1. The van der Waals surface area contributed by atoms with Gasteiger partial charge in [0.15, 0.2) is 0 Å². The Morgan fingerprint density at radius 3 is 2.68 bits per heavy atom. The topological polar surface area (TPSA) is 85.2 Å². The van der Waals surface area contributed by atoms with Gasteiger partial charge in [-0.05, 0) is 18.2 Å². The lowest BCUT2D eigenvalue weighted by molar-refractivity contribution is 0.362. The van der Waals surface area contributed by atoms with Gasteiger partial charge in [-0.3, -0.25) is 4.72 Å². The predicted molar refractivity (Wildman–Crippen MR) is 68.1 cm³/mol. The third kappa shape index (κ3) is 3.20. The maximum absolute atomic E-state index is 13.0. The zero-order valence-electron chi connectivity index (χ0n) is 10.1. The number of rotatable bonds is 3. The first-order chi connectivity index (χ1) is 9.03. The molecule has 0 bridgehead atoms. The van der Waals surface area contributed by atoms with Crippen LogP contribution in [0.3, 0.4) is 0 Å².